The average Bonchev–Trinajstić information content (AvgIpc) is 2.63. The highest BCUT2D eigenvalue weighted by molar-refractivity contribution is 6.05. The van der Waals surface area contributed by atoms with E-state index in [1.165, 1.54) is 6.07 Å². The van der Waals surface area contributed by atoms with Gasteiger partial charge in [-0.15, -0.1) is 5.10 Å². The number of benzene rings is 2. The third kappa shape index (κ3) is 4.46. The number of nitrogens with zero attached hydrogens (tertiary/aromatic N) is 2. The van der Waals surface area contributed by atoms with E-state index >= 15 is 0 Å². The number of anilines is 3. The quantitative estimate of drug-likeness (QED) is 0.638. The number of carbonyl (C=O) groups excluding carboxylic acids is 1. The van der Waals surface area contributed by atoms with Crippen LogP contribution in [0.5, 0.6) is 0 Å². The van der Waals surface area contributed by atoms with Gasteiger partial charge in [-0.2, -0.15) is 5.10 Å². The maximum Gasteiger partial charge on any atom is 0.335 e. The molecule has 0 spiro atoms. The van der Waals surface area contributed by atoms with Gasteiger partial charge in [-0.1, -0.05) is 6.07 Å². The summed E-state index contributed by atoms with van der Waals surface area (Å²) in [6, 6.07) is 15.3. The van der Waals surface area contributed by atoms with Gasteiger partial charge < -0.3 is 15.7 Å². The van der Waals surface area contributed by atoms with Gasteiger partial charge >= 0.3 is 5.97 Å². The molecule has 0 aliphatic rings. The standard InChI is InChI=1S/C20H18N4O3/c1-12-10-16(7-8-17(12)20(26)27)22-19(25)14-4-3-5-15(11-14)21-18-9-6-13(2)23-24-18/h3-11H,1-2H3,(H,21,24)(H,22,25)(H,26,27). The molecule has 0 fully saturated rings. The molecule has 0 bridgehead atoms. The van der Waals surface area contributed by atoms with Gasteiger partial charge in [-0.25, -0.2) is 4.79 Å². The van der Waals surface area contributed by atoms with Gasteiger partial charge in [0.15, 0.2) is 5.82 Å². The number of nitrogens with one attached hydrogen (secondary N) is 2. The van der Waals surface area contributed by atoms with E-state index in [1.807, 2.05) is 25.1 Å². The summed E-state index contributed by atoms with van der Waals surface area (Å²) in [5.41, 5.74) is 3.30. The summed E-state index contributed by atoms with van der Waals surface area (Å²) in [6.45, 7) is 3.54. The first-order chi connectivity index (χ1) is 12.9. The molecule has 0 unspecified atom stereocenters. The molecule has 0 atom stereocenters. The number of carbonyl (C=O) groups is 2. The molecule has 0 aliphatic carbocycles. The van der Waals surface area contributed by atoms with Crippen LogP contribution in [0.4, 0.5) is 17.2 Å². The molecule has 136 valence electrons. The van der Waals surface area contributed by atoms with Crippen LogP contribution in [-0.2, 0) is 0 Å². The number of hydrogen-bond acceptors (Lipinski definition) is 5. The largest absolute Gasteiger partial charge is 0.478 e. The molecule has 1 heterocycles. The van der Waals surface area contributed by atoms with Crippen molar-refractivity contribution >= 4 is 29.1 Å². The van der Waals surface area contributed by atoms with Gasteiger partial charge in [0, 0.05) is 16.9 Å². The minimum atomic E-state index is -0.997. The number of hydrogen-bond donors (Lipinski definition) is 3. The highest BCUT2D eigenvalue weighted by Crippen LogP contribution is 2.19. The fourth-order valence-corrected chi connectivity index (χ4v) is 2.54. The predicted octanol–water partition coefficient (Wildman–Crippen LogP) is 3.79. The first kappa shape index (κ1) is 18.1. The number of carboxylic acid groups (broad SMARTS) is 1. The number of rotatable bonds is 5. The summed E-state index contributed by atoms with van der Waals surface area (Å²) >= 11 is 0. The minimum absolute atomic E-state index is 0.207. The SMILES string of the molecule is Cc1ccc(Nc2cccc(C(=O)Nc3ccc(C(=O)O)c(C)c3)c2)nn1. The Kier molecular flexibility index (Phi) is 5.12. The number of amides is 1. The van der Waals surface area contributed by atoms with E-state index in [0.717, 1.165) is 5.69 Å². The van der Waals surface area contributed by atoms with Crippen molar-refractivity contribution in [3.05, 3.63) is 77.0 Å². The van der Waals surface area contributed by atoms with Crippen LogP contribution in [-0.4, -0.2) is 27.2 Å². The smallest absolute Gasteiger partial charge is 0.335 e. The Hall–Kier alpha value is -3.74. The molecule has 3 N–H and O–H groups in total. The van der Waals surface area contributed by atoms with E-state index in [9.17, 15) is 9.59 Å². The van der Waals surface area contributed by atoms with E-state index in [2.05, 4.69) is 20.8 Å². The molecular weight excluding hydrogens is 344 g/mol. The highest BCUT2D eigenvalue weighted by Gasteiger charge is 2.11. The van der Waals surface area contributed by atoms with E-state index in [-0.39, 0.29) is 11.5 Å². The average molecular weight is 362 g/mol. The zero-order valence-electron chi connectivity index (χ0n) is 14.9. The summed E-state index contributed by atoms with van der Waals surface area (Å²) in [4.78, 5) is 23.6. The Labute approximate surface area is 156 Å². The summed E-state index contributed by atoms with van der Waals surface area (Å²) < 4.78 is 0. The monoisotopic (exact) mass is 362 g/mol. The second-order valence-electron chi connectivity index (χ2n) is 6.05. The van der Waals surface area contributed by atoms with Crippen LogP contribution >= 0.6 is 0 Å². The van der Waals surface area contributed by atoms with Crippen molar-refractivity contribution in [2.24, 2.45) is 0 Å². The molecule has 1 aromatic heterocycles. The minimum Gasteiger partial charge on any atom is -0.478 e. The Bertz CT molecular complexity index is 1000. The van der Waals surface area contributed by atoms with Crippen molar-refractivity contribution in [3.8, 4) is 0 Å². The third-order valence-electron chi connectivity index (χ3n) is 3.91. The van der Waals surface area contributed by atoms with E-state index in [4.69, 9.17) is 5.11 Å². The van der Waals surface area contributed by atoms with Crippen LogP contribution in [0, 0.1) is 13.8 Å². The summed E-state index contributed by atoms with van der Waals surface area (Å²) in [5, 5.41) is 23.0. The fourth-order valence-electron chi connectivity index (χ4n) is 2.54. The van der Waals surface area contributed by atoms with Gasteiger partial charge in [0.05, 0.1) is 11.3 Å². The Morgan fingerprint density at radius 1 is 0.926 bits per heavy atom. The van der Waals surface area contributed by atoms with Crippen LogP contribution in [0.15, 0.2) is 54.6 Å². The maximum atomic E-state index is 12.5. The second kappa shape index (κ2) is 7.65. The predicted molar refractivity (Wildman–Crippen MR) is 103 cm³/mol. The summed E-state index contributed by atoms with van der Waals surface area (Å²) in [7, 11) is 0. The molecule has 3 aromatic rings. The molecule has 7 heteroatoms. The molecular formula is C20H18N4O3. The normalized spacial score (nSPS) is 10.3. The molecule has 0 aliphatic heterocycles. The van der Waals surface area contributed by atoms with Gasteiger partial charge in [-0.3, -0.25) is 4.79 Å². The molecule has 3 rings (SSSR count). The number of aromatic carboxylic acids is 1. The molecule has 7 nitrogen and oxygen atoms in total. The summed E-state index contributed by atoms with van der Waals surface area (Å²) in [6.07, 6.45) is 0. The van der Waals surface area contributed by atoms with Crippen LogP contribution in [0.1, 0.15) is 32.0 Å². The Balaban J connectivity index is 1.74. The maximum absolute atomic E-state index is 12.5. The third-order valence-corrected chi connectivity index (χ3v) is 3.91. The molecule has 0 saturated carbocycles. The van der Waals surface area contributed by atoms with Crippen LogP contribution in [0.2, 0.25) is 0 Å². The molecule has 2 aromatic carbocycles. The van der Waals surface area contributed by atoms with Crippen molar-refractivity contribution in [1.82, 2.24) is 10.2 Å². The van der Waals surface area contributed by atoms with Gasteiger partial charge in [-0.05, 0) is 67.9 Å². The topological polar surface area (TPSA) is 104 Å². The van der Waals surface area contributed by atoms with E-state index in [0.29, 0.717) is 28.3 Å². The lowest BCUT2D eigenvalue weighted by Gasteiger charge is -2.10. The van der Waals surface area contributed by atoms with Crippen molar-refractivity contribution in [1.29, 1.82) is 0 Å². The Morgan fingerprint density at radius 2 is 1.74 bits per heavy atom. The zero-order valence-corrected chi connectivity index (χ0v) is 14.9. The van der Waals surface area contributed by atoms with Gasteiger partial charge in [0.25, 0.3) is 5.91 Å². The zero-order chi connectivity index (χ0) is 19.4. The lowest BCUT2D eigenvalue weighted by molar-refractivity contribution is 0.0696. The second-order valence-corrected chi connectivity index (χ2v) is 6.05. The van der Waals surface area contributed by atoms with Crippen molar-refractivity contribution < 1.29 is 14.7 Å². The van der Waals surface area contributed by atoms with Crippen LogP contribution in [0.3, 0.4) is 0 Å². The van der Waals surface area contributed by atoms with Crippen LogP contribution < -0.4 is 10.6 Å². The lowest BCUT2D eigenvalue weighted by atomic mass is 10.1. The molecule has 27 heavy (non-hydrogen) atoms. The number of carboxylic acids is 1. The number of aromatic nitrogens is 2. The van der Waals surface area contributed by atoms with Crippen molar-refractivity contribution in [3.63, 3.8) is 0 Å². The number of aryl methyl sites for hydroxylation is 2. The first-order valence-corrected chi connectivity index (χ1v) is 8.25. The molecule has 0 saturated heterocycles. The Morgan fingerprint density at radius 3 is 2.41 bits per heavy atom. The highest BCUT2D eigenvalue weighted by atomic mass is 16.4. The van der Waals surface area contributed by atoms with Gasteiger partial charge in [0.2, 0.25) is 0 Å². The summed E-state index contributed by atoms with van der Waals surface area (Å²) in [5.74, 6) is -0.711. The van der Waals surface area contributed by atoms with Crippen LogP contribution in [0.25, 0.3) is 0 Å². The van der Waals surface area contributed by atoms with E-state index < -0.39 is 5.97 Å². The molecule has 0 radical (unpaired) electrons. The first-order valence-electron chi connectivity index (χ1n) is 8.25. The lowest BCUT2D eigenvalue weighted by Crippen LogP contribution is -2.12. The fraction of sp³-hybridized carbons (Fsp3) is 0.100. The van der Waals surface area contributed by atoms with E-state index in [1.54, 1.807) is 37.3 Å². The molecule has 1 amide bonds. The van der Waals surface area contributed by atoms with Crippen molar-refractivity contribution in [2.75, 3.05) is 10.6 Å². The van der Waals surface area contributed by atoms with Gasteiger partial charge in [0.1, 0.15) is 0 Å². The van der Waals surface area contributed by atoms with Crippen molar-refractivity contribution in [2.45, 2.75) is 13.8 Å².